The molecule has 0 radical (unpaired) electrons. The lowest BCUT2D eigenvalue weighted by Gasteiger charge is -2.30. The highest BCUT2D eigenvalue weighted by Gasteiger charge is 2.47. The normalized spacial score (nSPS) is 30.8. The smallest absolute Gasteiger partial charge is 0.254 e. The van der Waals surface area contributed by atoms with Gasteiger partial charge in [-0.15, -0.1) is 0 Å². The third-order valence-electron chi connectivity index (χ3n) is 5.93. The van der Waals surface area contributed by atoms with Crippen LogP contribution in [-0.2, 0) is 11.2 Å². The van der Waals surface area contributed by atoms with Crippen molar-refractivity contribution in [2.75, 3.05) is 11.9 Å². The lowest BCUT2D eigenvalue weighted by atomic mass is 9.85. The average Bonchev–Trinajstić information content (AvgIpc) is 3.15. The summed E-state index contributed by atoms with van der Waals surface area (Å²) < 4.78 is 14.3. The lowest BCUT2D eigenvalue weighted by molar-refractivity contribution is -0.116. The van der Waals surface area contributed by atoms with Crippen LogP contribution in [0, 0.1) is 23.6 Å². The summed E-state index contributed by atoms with van der Waals surface area (Å²) in [6.45, 7) is 0.0603. The monoisotopic (exact) mass is 332 g/mol. The molecule has 2 amide bonds. The second-order valence-corrected chi connectivity index (χ2v) is 7.22. The first-order chi connectivity index (χ1) is 11.6. The van der Waals surface area contributed by atoms with Crippen molar-refractivity contribution in [1.82, 2.24) is 5.32 Å². The Morgan fingerprint density at radius 1 is 1.29 bits per heavy atom. The third-order valence-corrected chi connectivity index (χ3v) is 5.93. The highest BCUT2D eigenvalue weighted by Crippen LogP contribution is 2.48. The molecule has 6 heteroatoms. The van der Waals surface area contributed by atoms with Crippen LogP contribution >= 0.6 is 0 Å². The molecule has 0 saturated heterocycles. The van der Waals surface area contributed by atoms with Crippen molar-refractivity contribution >= 4 is 17.5 Å². The van der Waals surface area contributed by atoms with E-state index in [-0.39, 0.29) is 30.0 Å². The molecule has 1 aromatic rings. The molecule has 5 nitrogen and oxygen atoms in total. The quantitative estimate of drug-likeness (QED) is 0.790. The zero-order chi connectivity index (χ0) is 16.8. The molecule has 2 fully saturated rings. The van der Waals surface area contributed by atoms with Crippen LogP contribution in [0.25, 0.3) is 0 Å². The van der Waals surface area contributed by atoms with Gasteiger partial charge in [0.25, 0.3) is 5.91 Å². The minimum atomic E-state index is -0.628. The van der Waals surface area contributed by atoms with Gasteiger partial charge >= 0.3 is 0 Å². The molecule has 1 heterocycles. The second kappa shape index (κ2) is 5.84. The Bertz CT molecular complexity index is 706. The van der Waals surface area contributed by atoms with E-state index in [4.69, 9.17) is 0 Å². The van der Waals surface area contributed by atoms with Gasteiger partial charge in [-0.05, 0) is 55.2 Å². The van der Waals surface area contributed by atoms with Crippen LogP contribution in [-0.4, -0.2) is 29.6 Å². The summed E-state index contributed by atoms with van der Waals surface area (Å²) in [6.07, 6.45) is 4.06. The van der Waals surface area contributed by atoms with Crippen LogP contribution in [0.2, 0.25) is 0 Å². The largest absolute Gasteiger partial charge is 0.396 e. The van der Waals surface area contributed by atoms with E-state index in [1.807, 2.05) is 0 Å². The predicted molar refractivity (Wildman–Crippen MR) is 86.0 cm³/mol. The molecular weight excluding hydrogens is 311 g/mol. The number of hydrogen-bond donors (Lipinski definition) is 3. The van der Waals surface area contributed by atoms with Crippen LogP contribution in [0.5, 0.6) is 0 Å². The molecule has 3 N–H and O–H groups in total. The van der Waals surface area contributed by atoms with E-state index in [0.29, 0.717) is 30.4 Å². The van der Waals surface area contributed by atoms with E-state index in [1.54, 1.807) is 6.07 Å². The highest BCUT2D eigenvalue weighted by atomic mass is 19.1. The summed E-state index contributed by atoms with van der Waals surface area (Å²) >= 11 is 0. The first-order valence-electron chi connectivity index (χ1n) is 8.61. The van der Waals surface area contributed by atoms with Crippen molar-refractivity contribution in [3.63, 3.8) is 0 Å². The number of aryl methyl sites for hydroxylation is 1. The fraction of sp³-hybridized carbons (Fsp3) is 0.556. The number of hydrogen-bond acceptors (Lipinski definition) is 3. The number of aliphatic hydroxyl groups is 1. The number of benzene rings is 1. The lowest BCUT2D eigenvalue weighted by Crippen LogP contribution is -2.45. The van der Waals surface area contributed by atoms with Gasteiger partial charge in [-0.2, -0.15) is 0 Å². The maximum atomic E-state index is 14.3. The molecule has 4 rings (SSSR count). The van der Waals surface area contributed by atoms with Crippen molar-refractivity contribution in [2.45, 2.75) is 38.1 Å². The van der Waals surface area contributed by atoms with Crippen LogP contribution in [0.1, 0.15) is 41.6 Å². The molecule has 4 atom stereocenters. The predicted octanol–water partition coefficient (Wildman–Crippen LogP) is 1.85. The number of nitrogens with one attached hydrogen (secondary N) is 2. The molecule has 2 aliphatic carbocycles. The molecule has 1 aromatic carbocycles. The van der Waals surface area contributed by atoms with Crippen LogP contribution in [0.15, 0.2) is 12.1 Å². The van der Waals surface area contributed by atoms with Crippen molar-refractivity contribution in [3.05, 3.63) is 29.1 Å². The maximum Gasteiger partial charge on any atom is 0.254 e. The molecule has 24 heavy (non-hydrogen) atoms. The van der Waals surface area contributed by atoms with E-state index < -0.39 is 11.7 Å². The van der Waals surface area contributed by atoms with Gasteiger partial charge in [-0.25, -0.2) is 4.39 Å². The van der Waals surface area contributed by atoms with E-state index in [1.165, 1.54) is 6.07 Å². The number of carbonyl (C=O) groups excluding carboxylic acids is 2. The van der Waals surface area contributed by atoms with Gasteiger partial charge in [0.1, 0.15) is 5.82 Å². The molecule has 0 spiro atoms. The fourth-order valence-electron chi connectivity index (χ4n) is 4.70. The molecule has 128 valence electrons. The first-order valence-corrected chi connectivity index (χ1v) is 8.61. The van der Waals surface area contributed by atoms with E-state index >= 15 is 0 Å². The van der Waals surface area contributed by atoms with Crippen molar-refractivity contribution in [3.8, 4) is 0 Å². The minimum absolute atomic E-state index is 0.0179. The molecular formula is C18H21FN2O3. The zero-order valence-electron chi connectivity index (χ0n) is 13.3. The summed E-state index contributed by atoms with van der Waals surface area (Å²) in [6, 6.07) is 2.70. The summed E-state index contributed by atoms with van der Waals surface area (Å²) in [4.78, 5) is 24.0. The van der Waals surface area contributed by atoms with Crippen molar-refractivity contribution in [1.29, 1.82) is 0 Å². The summed E-state index contributed by atoms with van der Waals surface area (Å²) in [5, 5.41) is 15.2. The van der Waals surface area contributed by atoms with Crippen LogP contribution in [0.4, 0.5) is 10.1 Å². The van der Waals surface area contributed by atoms with Gasteiger partial charge in [-0.3, -0.25) is 9.59 Å². The Kier molecular flexibility index (Phi) is 3.79. The van der Waals surface area contributed by atoms with Crippen LogP contribution < -0.4 is 10.6 Å². The first kappa shape index (κ1) is 15.6. The van der Waals surface area contributed by atoms with Gasteiger partial charge in [-0.1, -0.05) is 0 Å². The van der Waals surface area contributed by atoms with Crippen molar-refractivity contribution < 1.29 is 19.1 Å². The van der Waals surface area contributed by atoms with Gasteiger partial charge < -0.3 is 15.7 Å². The van der Waals surface area contributed by atoms with Gasteiger partial charge in [0.05, 0.1) is 5.56 Å². The van der Waals surface area contributed by atoms with Crippen molar-refractivity contribution in [2.24, 2.45) is 17.8 Å². The molecule has 1 aliphatic heterocycles. The van der Waals surface area contributed by atoms with Gasteiger partial charge in [0.15, 0.2) is 0 Å². The van der Waals surface area contributed by atoms with E-state index in [2.05, 4.69) is 10.6 Å². The van der Waals surface area contributed by atoms with Crippen LogP contribution in [0.3, 0.4) is 0 Å². The number of fused-ring (bicyclic) bond motifs is 3. The van der Waals surface area contributed by atoms with E-state index in [9.17, 15) is 19.1 Å². The average molecular weight is 332 g/mol. The van der Waals surface area contributed by atoms with Gasteiger partial charge in [0.2, 0.25) is 5.91 Å². The topological polar surface area (TPSA) is 78.4 Å². The van der Waals surface area contributed by atoms with E-state index in [0.717, 1.165) is 24.8 Å². The fourth-order valence-corrected chi connectivity index (χ4v) is 4.70. The number of carbonyl (C=O) groups is 2. The number of aliphatic hydroxyl groups excluding tert-OH is 1. The number of amides is 2. The molecule has 0 aromatic heterocycles. The minimum Gasteiger partial charge on any atom is -0.396 e. The maximum absolute atomic E-state index is 14.3. The zero-order valence-corrected chi connectivity index (χ0v) is 13.3. The molecule has 2 saturated carbocycles. The number of halogens is 1. The summed E-state index contributed by atoms with van der Waals surface area (Å²) in [5.41, 5.74) is 1.26. The highest BCUT2D eigenvalue weighted by molar-refractivity contribution is 5.98. The second-order valence-electron chi connectivity index (χ2n) is 7.22. The third kappa shape index (κ3) is 2.49. The molecule has 3 aliphatic rings. The summed E-state index contributed by atoms with van der Waals surface area (Å²) in [7, 11) is 0. The summed E-state index contributed by atoms with van der Waals surface area (Å²) in [5.74, 6) is -0.259. The number of rotatable bonds is 3. The van der Waals surface area contributed by atoms with Gasteiger partial charge in [0, 0.05) is 30.7 Å². The number of anilines is 1. The molecule has 2 bridgehead atoms. The molecule has 4 unspecified atom stereocenters. The Morgan fingerprint density at radius 2 is 2.08 bits per heavy atom. The Labute approximate surface area is 139 Å². The Morgan fingerprint density at radius 3 is 2.88 bits per heavy atom. The standard InChI is InChI=1S/C18H21FN2O3/c19-14-7-15-10(3-4-16(23)20-15)6-12(14)18(24)21-17-11-2-1-9(5-11)13(17)8-22/h6-7,9,11,13,17,22H,1-5,8H2,(H,20,23)(H,21,24). The SMILES string of the molecule is O=C1CCc2cc(C(=O)NC3C4CCC(C4)C3CO)c(F)cc2N1. The Hall–Kier alpha value is -1.95. The Balaban J connectivity index is 1.56.